The van der Waals surface area contributed by atoms with Gasteiger partial charge >= 0.3 is 0 Å². The molecule has 2 aromatic carbocycles. The maximum absolute atomic E-state index is 12.5. The Hall–Kier alpha value is -3.25. The van der Waals surface area contributed by atoms with Gasteiger partial charge in [0.1, 0.15) is 18.9 Å². The van der Waals surface area contributed by atoms with E-state index in [2.05, 4.69) is 15.6 Å². The first kappa shape index (κ1) is 17.2. The first-order valence-corrected chi connectivity index (χ1v) is 8.75. The van der Waals surface area contributed by atoms with Crippen LogP contribution in [0.4, 0.5) is 17.1 Å². The minimum Gasteiger partial charge on any atom is -0.486 e. The van der Waals surface area contributed by atoms with Crippen LogP contribution in [0, 0.1) is 0 Å². The van der Waals surface area contributed by atoms with E-state index in [4.69, 9.17) is 21.1 Å². The van der Waals surface area contributed by atoms with Crippen molar-refractivity contribution in [1.82, 2.24) is 4.98 Å². The SMILES string of the molecule is O=C(Nc1ccc2c(c1)OCCO2)c1cc(Nc2ccc(Cl)cc2)ccn1. The molecule has 2 N–H and O–H groups in total. The van der Waals surface area contributed by atoms with Crippen LogP contribution < -0.4 is 20.1 Å². The monoisotopic (exact) mass is 381 g/mol. The maximum atomic E-state index is 12.5. The second-order valence-corrected chi connectivity index (χ2v) is 6.31. The highest BCUT2D eigenvalue weighted by Crippen LogP contribution is 2.32. The summed E-state index contributed by atoms with van der Waals surface area (Å²) in [5, 5.41) is 6.70. The van der Waals surface area contributed by atoms with Gasteiger partial charge in [0.05, 0.1) is 0 Å². The number of anilines is 3. The van der Waals surface area contributed by atoms with Crippen molar-refractivity contribution >= 4 is 34.6 Å². The summed E-state index contributed by atoms with van der Waals surface area (Å²) in [6, 6.07) is 16.0. The molecule has 1 aliphatic heterocycles. The number of halogens is 1. The molecule has 0 unspecified atom stereocenters. The van der Waals surface area contributed by atoms with Crippen LogP contribution in [-0.4, -0.2) is 24.1 Å². The Labute approximate surface area is 161 Å². The van der Waals surface area contributed by atoms with Crippen LogP contribution in [0.15, 0.2) is 60.8 Å². The molecule has 6 nitrogen and oxygen atoms in total. The topological polar surface area (TPSA) is 72.5 Å². The molecule has 0 saturated heterocycles. The minimum atomic E-state index is -0.313. The molecule has 7 heteroatoms. The average molecular weight is 382 g/mol. The van der Waals surface area contributed by atoms with Crippen LogP contribution in [0.1, 0.15) is 10.5 Å². The highest BCUT2D eigenvalue weighted by molar-refractivity contribution is 6.30. The quantitative estimate of drug-likeness (QED) is 0.696. The van der Waals surface area contributed by atoms with Crippen LogP contribution in [-0.2, 0) is 0 Å². The van der Waals surface area contributed by atoms with Gasteiger partial charge in [-0.15, -0.1) is 0 Å². The van der Waals surface area contributed by atoms with Crippen molar-refractivity contribution < 1.29 is 14.3 Å². The van der Waals surface area contributed by atoms with E-state index in [9.17, 15) is 4.79 Å². The summed E-state index contributed by atoms with van der Waals surface area (Å²) in [4.78, 5) is 16.7. The van der Waals surface area contributed by atoms with Crippen molar-refractivity contribution in [2.45, 2.75) is 0 Å². The zero-order chi connectivity index (χ0) is 18.6. The van der Waals surface area contributed by atoms with Crippen LogP contribution in [0.5, 0.6) is 11.5 Å². The van der Waals surface area contributed by atoms with E-state index in [1.54, 1.807) is 48.7 Å². The molecule has 0 bridgehead atoms. The largest absolute Gasteiger partial charge is 0.486 e. The Kier molecular flexibility index (Phi) is 4.80. The van der Waals surface area contributed by atoms with Gasteiger partial charge in [-0.1, -0.05) is 11.6 Å². The molecule has 0 saturated carbocycles. The number of carbonyl (C=O) groups excluding carboxylic acids is 1. The Balaban J connectivity index is 1.48. The minimum absolute atomic E-state index is 0.295. The lowest BCUT2D eigenvalue weighted by Gasteiger charge is -2.19. The second-order valence-electron chi connectivity index (χ2n) is 5.87. The van der Waals surface area contributed by atoms with Crippen molar-refractivity contribution in [2.24, 2.45) is 0 Å². The summed E-state index contributed by atoms with van der Waals surface area (Å²) in [6.45, 7) is 1.01. The van der Waals surface area contributed by atoms with E-state index in [0.717, 1.165) is 11.4 Å². The third kappa shape index (κ3) is 4.12. The van der Waals surface area contributed by atoms with E-state index >= 15 is 0 Å². The Morgan fingerprint density at radius 3 is 2.44 bits per heavy atom. The fourth-order valence-electron chi connectivity index (χ4n) is 2.65. The molecule has 0 fully saturated rings. The van der Waals surface area contributed by atoms with Gasteiger partial charge in [0.2, 0.25) is 0 Å². The molecule has 0 spiro atoms. The van der Waals surface area contributed by atoms with Crippen molar-refractivity contribution in [2.75, 3.05) is 23.8 Å². The van der Waals surface area contributed by atoms with Crippen LogP contribution >= 0.6 is 11.6 Å². The van der Waals surface area contributed by atoms with Gasteiger partial charge in [0.15, 0.2) is 11.5 Å². The van der Waals surface area contributed by atoms with Crippen molar-refractivity contribution in [3.63, 3.8) is 0 Å². The number of fused-ring (bicyclic) bond motifs is 1. The fraction of sp³-hybridized carbons (Fsp3) is 0.100. The lowest BCUT2D eigenvalue weighted by molar-refractivity contribution is 0.102. The zero-order valence-electron chi connectivity index (χ0n) is 14.2. The lowest BCUT2D eigenvalue weighted by atomic mass is 10.2. The summed E-state index contributed by atoms with van der Waals surface area (Å²) >= 11 is 5.90. The van der Waals surface area contributed by atoms with Gasteiger partial charge in [-0.3, -0.25) is 9.78 Å². The Morgan fingerprint density at radius 1 is 0.889 bits per heavy atom. The van der Waals surface area contributed by atoms with Crippen LogP contribution in [0.25, 0.3) is 0 Å². The molecular weight excluding hydrogens is 366 g/mol. The number of hydrogen-bond acceptors (Lipinski definition) is 5. The number of ether oxygens (including phenoxy) is 2. The van der Waals surface area contributed by atoms with Gasteiger partial charge in [-0.05, 0) is 48.5 Å². The number of benzene rings is 2. The third-order valence-corrected chi connectivity index (χ3v) is 4.18. The zero-order valence-corrected chi connectivity index (χ0v) is 15.0. The fourth-order valence-corrected chi connectivity index (χ4v) is 2.77. The summed E-state index contributed by atoms with van der Waals surface area (Å²) in [5.41, 5.74) is 2.52. The summed E-state index contributed by atoms with van der Waals surface area (Å²) in [5.74, 6) is 0.975. The third-order valence-electron chi connectivity index (χ3n) is 3.93. The van der Waals surface area contributed by atoms with E-state index in [-0.39, 0.29) is 5.91 Å². The van der Waals surface area contributed by atoms with Gasteiger partial charge in [-0.25, -0.2) is 0 Å². The number of nitrogens with one attached hydrogen (secondary N) is 2. The number of carbonyl (C=O) groups is 1. The Morgan fingerprint density at radius 2 is 1.63 bits per heavy atom. The molecule has 0 radical (unpaired) electrons. The lowest BCUT2D eigenvalue weighted by Crippen LogP contribution is -2.17. The highest BCUT2D eigenvalue weighted by atomic mass is 35.5. The molecule has 136 valence electrons. The van der Waals surface area contributed by atoms with E-state index in [1.807, 2.05) is 12.1 Å². The van der Waals surface area contributed by atoms with E-state index < -0.39 is 0 Å². The number of nitrogens with zero attached hydrogens (tertiary/aromatic N) is 1. The van der Waals surface area contributed by atoms with Crippen LogP contribution in [0.2, 0.25) is 5.02 Å². The number of aromatic nitrogens is 1. The standard InChI is InChI=1S/C20H16ClN3O3/c21-13-1-3-14(4-2-13)23-16-7-8-22-17(11-16)20(25)24-15-5-6-18-19(12-15)27-10-9-26-18/h1-8,11-12H,9-10H2,(H,22,23)(H,24,25). The number of amides is 1. The number of pyridine rings is 1. The molecule has 2 heterocycles. The van der Waals surface area contributed by atoms with Gasteiger partial charge < -0.3 is 20.1 Å². The predicted molar refractivity (Wildman–Crippen MR) is 104 cm³/mol. The molecular formula is C20H16ClN3O3. The van der Waals surface area contributed by atoms with Gasteiger partial charge in [0, 0.05) is 34.3 Å². The molecule has 1 aliphatic rings. The first-order chi connectivity index (χ1) is 13.2. The second kappa shape index (κ2) is 7.55. The summed E-state index contributed by atoms with van der Waals surface area (Å²) in [6.07, 6.45) is 1.58. The van der Waals surface area contributed by atoms with Crippen LogP contribution in [0.3, 0.4) is 0 Å². The molecule has 27 heavy (non-hydrogen) atoms. The van der Waals surface area contributed by atoms with Gasteiger partial charge in [0.25, 0.3) is 5.91 Å². The first-order valence-electron chi connectivity index (χ1n) is 8.37. The number of rotatable bonds is 4. The maximum Gasteiger partial charge on any atom is 0.274 e. The summed E-state index contributed by atoms with van der Waals surface area (Å²) < 4.78 is 11.0. The van der Waals surface area contributed by atoms with Crippen molar-refractivity contribution in [1.29, 1.82) is 0 Å². The summed E-state index contributed by atoms with van der Waals surface area (Å²) in [7, 11) is 0. The smallest absolute Gasteiger partial charge is 0.274 e. The van der Waals surface area contributed by atoms with Crippen molar-refractivity contribution in [3.05, 3.63) is 71.5 Å². The van der Waals surface area contributed by atoms with E-state index in [1.165, 1.54) is 0 Å². The van der Waals surface area contributed by atoms with E-state index in [0.29, 0.717) is 41.1 Å². The predicted octanol–water partition coefficient (Wildman–Crippen LogP) is 4.50. The average Bonchev–Trinajstić information content (AvgIpc) is 2.70. The molecule has 1 aromatic heterocycles. The number of hydrogen-bond donors (Lipinski definition) is 2. The molecule has 1 amide bonds. The molecule has 0 aliphatic carbocycles. The molecule has 0 atom stereocenters. The van der Waals surface area contributed by atoms with Crippen molar-refractivity contribution in [3.8, 4) is 11.5 Å². The molecule has 3 aromatic rings. The molecule has 4 rings (SSSR count). The van der Waals surface area contributed by atoms with Gasteiger partial charge in [-0.2, -0.15) is 0 Å². The normalized spacial score (nSPS) is 12.3. The Bertz CT molecular complexity index is 976. The highest BCUT2D eigenvalue weighted by Gasteiger charge is 2.14.